The minimum atomic E-state index is -1.09. The topological polar surface area (TPSA) is 72.9 Å². The molecule has 7 heteroatoms. The zero-order chi connectivity index (χ0) is 13.4. The lowest BCUT2D eigenvalue weighted by molar-refractivity contribution is 0.0697. The van der Waals surface area contributed by atoms with Crippen LogP contribution in [0.2, 0.25) is 5.15 Å². The first-order chi connectivity index (χ1) is 8.43. The third-order valence-corrected chi connectivity index (χ3v) is 2.98. The summed E-state index contributed by atoms with van der Waals surface area (Å²) in [6, 6.07) is 1.69. The van der Waals surface area contributed by atoms with Crippen molar-refractivity contribution in [1.29, 1.82) is 0 Å². The minimum absolute atomic E-state index is 0.00830. The highest BCUT2D eigenvalue weighted by atomic mass is 35.5. The first-order valence-corrected chi connectivity index (χ1v) is 5.81. The SMILES string of the molecule is CC(C)n1nc(-c2ccnn2C)c(C(=O)O)c1Cl. The lowest BCUT2D eigenvalue weighted by atomic mass is 10.2. The fraction of sp³-hybridized carbons (Fsp3) is 0.364. The quantitative estimate of drug-likeness (QED) is 0.926. The number of aromatic nitrogens is 4. The van der Waals surface area contributed by atoms with Gasteiger partial charge in [-0.3, -0.25) is 4.68 Å². The van der Waals surface area contributed by atoms with Gasteiger partial charge in [-0.15, -0.1) is 0 Å². The summed E-state index contributed by atoms with van der Waals surface area (Å²) in [4.78, 5) is 11.3. The number of nitrogens with zero attached hydrogens (tertiary/aromatic N) is 4. The first-order valence-electron chi connectivity index (χ1n) is 5.43. The number of halogens is 1. The minimum Gasteiger partial charge on any atom is -0.477 e. The fourth-order valence-electron chi connectivity index (χ4n) is 1.73. The molecular weight excluding hydrogens is 256 g/mol. The maximum atomic E-state index is 11.3. The number of carbonyl (C=O) groups is 1. The zero-order valence-electron chi connectivity index (χ0n) is 10.3. The van der Waals surface area contributed by atoms with E-state index in [1.54, 1.807) is 24.0 Å². The predicted octanol–water partition coefficient (Wildman–Crippen LogP) is 2.22. The molecule has 0 fully saturated rings. The third-order valence-electron chi connectivity index (χ3n) is 2.62. The summed E-state index contributed by atoms with van der Waals surface area (Å²) in [5.74, 6) is -1.09. The van der Waals surface area contributed by atoms with Crippen LogP contribution in [0.25, 0.3) is 11.4 Å². The second-order valence-electron chi connectivity index (χ2n) is 4.20. The number of aryl methyl sites for hydroxylation is 1. The molecule has 0 spiro atoms. The molecule has 2 aromatic rings. The Labute approximate surface area is 109 Å². The molecule has 6 nitrogen and oxygen atoms in total. The lowest BCUT2D eigenvalue weighted by Crippen LogP contribution is -2.03. The number of carboxylic acid groups (broad SMARTS) is 1. The van der Waals surface area contributed by atoms with Gasteiger partial charge < -0.3 is 5.11 Å². The molecule has 96 valence electrons. The van der Waals surface area contributed by atoms with Gasteiger partial charge in [-0.1, -0.05) is 11.6 Å². The summed E-state index contributed by atoms with van der Waals surface area (Å²) in [6.07, 6.45) is 1.59. The molecule has 0 aliphatic heterocycles. The van der Waals surface area contributed by atoms with Gasteiger partial charge in [-0.05, 0) is 19.9 Å². The van der Waals surface area contributed by atoms with Crippen LogP contribution >= 0.6 is 11.6 Å². The number of aromatic carboxylic acids is 1. The van der Waals surface area contributed by atoms with E-state index in [9.17, 15) is 9.90 Å². The van der Waals surface area contributed by atoms with Crippen molar-refractivity contribution in [1.82, 2.24) is 19.6 Å². The van der Waals surface area contributed by atoms with E-state index < -0.39 is 5.97 Å². The highest BCUT2D eigenvalue weighted by Crippen LogP contribution is 2.30. The monoisotopic (exact) mass is 268 g/mol. The Bertz CT molecular complexity index is 600. The van der Waals surface area contributed by atoms with Crippen molar-refractivity contribution in [3.8, 4) is 11.4 Å². The average Bonchev–Trinajstić information content (AvgIpc) is 2.81. The van der Waals surface area contributed by atoms with E-state index in [1.807, 2.05) is 13.8 Å². The molecular formula is C11H13ClN4O2. The summed E-state index contributed by atoms with van der Waals surface area (Å²) in [7, 11) is 1.73. The summed E-state index contributed by atoms with van der Waals surface area (Å²) < 4.78 is 3.06. The van der Waals surface area contributed by atoms with Crippen LogP contribution in [0.1, 0.15) is 30.2 Å². The molecule has 2 rings (SSSR count). The molecule has 0 aliphatic rings. The van der Waals surface area contributed by atoms with Crippen molar-refractivity contribution < 1.29 is 9.90 Å². The summed E-state index contributed by atoms with van der Waals surface area (Å²) in [5.41, 5.74) is 0.962. The smallest absolute Gasteiger partial charge is 0.341 e. The van der Waals surface area contributed by atoms with E-state index in [1.165, 1.54) is 4.68 Å². The van der Waals surface area contributed by atoms with Crippen LogP contribution in [-0.4, -0.2) is 30.6 Å². The number of hydrogen-bond acceptors (Lipinski definition) is 3. The molecule has 0 aromatic carbocycles. The van der Waals surface area contributed by atoms with E-state index in [-0.39, 0.29) is 16.8 Å². The van der Waals surface area contributed by atoms with Gasteiger partial charge in [0, 0.05) is 19.3 Å². The fourth-order valence-corrected chi connectivity index (χ4v) is 2.13. The summed E-state index contributed by atoms with van der Waals surface area (Å²) >= 11 is 6.08. The number of hydrogen-bond donors (Lipinski definition) is 1. The highest BCUT2D eigenvalue weighted by molar-refractivity contribution is 6.33. The first kappa shape index (κ1) is 12.6. The Hall–Kier alpha value is -1.82. The Balaban J connectivity index is 2.71. The standard InChI is InChI=1S/C11H13ClN4O2/c1-6(2)16-10(12)8(11(17)18)9(14-16)7-4-5-13-15(7)3/h4-6H,1-3H3,(H,17,18). The van der Waals surface area contributed by atoms with Gasteiger partial charge in [-0.2, -0.15) is 10.2 Å². The normalized spacial score (nSPS) is 11.2. The zero-order valence-corrected chi connectivity index (χ0v) is 11.0. The molecule has 0 amide bonds. The molecule has 2 heterocycles. The lowest BCUT2D eigenvalue weighted by Gasteiger charge is -2.05. The van der Waals surface area contributed by atoms with Gasteiger partial charge in [-0.25, -0.2) is 9.48 Å². The highest BCUT2D eigenvalue weighted by Gasteiger charge is 2.25. The van der Waals surface area contributed by atoms with Gasteiger partial charge in [0.15, 0.2) is 0 Å². The van der Waals surface area contributed by atoms with Crippen molar-refractivity contribution in [3.63, 3.8) is 0 Å². The van der Waals surface area contributed by atoms with Gasteiger partial charge in [0.2, 0.25) is 0 Å². The molecule has 0 saturated heterocycles. The van der Waals surface area contributed by atoms with Gasteiger partial charge >= 0.3 is 5.97 Å². The van der Waals surface area contributed by atoms with Gasteiger partial charge in [0.05, 0.1) is 5.69 Å². The largest absolute Gasteiger partial charge is 0.477 e. The van der Waals surface area contributed by atoms with Crippen molar-refractivity contribution >= 4 is 17.6 Å². The number of carboxylic acids is 1. The molecule has 0 radical (unpaired) electrons. The van der Waals surface area contributed by atoms with E-state index in [0.717, 1.165) is 0 Å². The van der Waals surface area contributed by atoms with E-state index in [4.69, 9.17) is 11.6 Å². The molecule has 0 bridgehead atoms. The van der Waals surface area contributed by atoms with Crippen molar-refractivity contribution in [2.24, 2.45) is 7.05 Å². The van der Waals surface area contributed by atoms with E-state index in [2.05, 4.69) is 10.2 Å². The molecule has 18 heavy (non-hydrogen) atoms. The Morgan fingerprint density at radius 2 is 2.17 bits per heavy atom. The van der Waals surface area contributed by atoms with E-state index >= 15 is 0 Å². The molecule has 2 aromatic heterocycles. The van der Waals surface area contributed by atoms with Crippen LogP contribution < -0.4 is 0 Å². The summed E-state index contributed by atoms with van der Waals surface area (Å²) in [5, 5.41) is 17.7. The maximum Gasteiger partial charge on any atom is 0.341 e. The Morgan fingerprint density at radius 1 is 1.50 bits per heavy atom. The predicted molar refractivity (Wildman–Crippen MR) is 66.8 cm³/mol. The van der Waals surface area contributed by atoms with E-state index in [0.29, 0.717) is 11.4 Å². The van der Waals surface area contributed by atoms with Gasteiger partial charge in [0.25, 0.3) is 0 Å². The molecule has 0 unspecified atom stereocenters. The van der Waals surface area contributed by atoms with Crippen molar-refractivity contribution in [2.75, 3.05) is 0 Å². The van der Waals surface area contributed by atoms with Crippen molar-refractivity contribution in [2.45, 2.75) is 19.9 Å². The average molecular weight is 269 g/mol. The molecule has 1 N–H and O–H groups in total. The molecule has 0 aliphatic carbocycles. The van der Waals surface area contributed by atoms with Crippen LogP contribution in [0.4, 0.5) is 0 Å². The third kappa shape index (κ3) is 1.88. The summed E-state index contributed by atoms with van der Waals surface area (Å²) in [6.45, 7) is 3.77. The molecule has 0 saturated carbocycles. The Morgan fingerprint density at radius 3 is 2.61 bits per heavy atom. The second-order valence-corrected chi connectivity index (χ2v) is 4.56. The van der Waals surface area contributed by atoms with Crippen LogP contribution in [0.15, 0.2) is 12.3 Å². The Kier molecular flexibility index (Phi) is 3.13. The van der Waals surface area contributed by atoms with Crippen LogP contribution in [0.3, 0.4) is 0 Å². The second kappa shape index (κ2) is 4.45. The van der Waals surface area contributed by atoms with Crippen LogP contribution in [-0.2, 0) is 7.05 Å². The van der Waals surface area contributed by atoms with Crippen molar-refractivity contribution in [3.05, 3.63) is 23.0 Å². The van der Waals surface area contributed by atoms with Gasteiger partial charge in [0.1, 0.15) is 16.4 Å². The van der Waals surface area contributed by atoms with Crippen LogP contribution in [0.5, 0.6) is 0 Å². The van der Waals surface area contributed by atoms with Crippen LogP contribution in [0, 0.1) is 0 Å². The molecule has 0 atom stereocenters. The number of rotatable bonds is 3. The maximum absolute atomic E-state index is 11.3.